The second kappa shape index (κ2) is 5.42. The molecule has 15 heavy (non-hydrogen) atoms. The number of nitrogens with one attached hydrogen (secondary N) is 1. The molecule has 1 unspecified atom stereocenters. The maximum absolute atomic E-state index is 9.78. The number of hydrogen-bond acceptors (Lipinski definition) is 4. The maximum Gasteiger partial charge on any atom is 0.0922 e. The zero-order chi connectivity index (χ0) is 10.5. The van der Waals surface area contributed by atoms with E-state index in [1.165, 1.54) is 5.56 Å². The molecule has 4 heteroatoms. The van der Waals surface area contributed by atoms with Crippen molar-refractivity contribution in [2.24, 2.45) is 0 Å². The van der Waals surface area contributed by atoms with Crippen LogP contribution in [-0.4, -0.2) is 11.7 Å². The van der Waals surface area contributed by atoms with Gasteiger partial charge in [-0.25, -0.2) is 0 Å². The lowest BCUT2D eigenvalue weighted by Gasteiger charge is -2.09. The van der Waals surface area contributed by atoms with Gasteiger partial charge < -0.3 is 10.4 Å². The molecule has 2 nitrogen and oxygen atoms in total. The van der Waals surface area contributed by atoms with E-state index in [4.69, 9.17) is 0 Å². The van der Waals surface area contributed by atoms with Gasteiger partial charge in [0.25, 0.3) is 0 Å². The number of hydrogen-bond donors (Lipinski definition) is 2. The van der Waals surface area contributed by atoms with E-state index in [0.29, 0.717) is 6.54 Å². The average molecular weight is 239 g/mol. The summed E-state index contributed by atoms with van der Waals surface area (Å²) in [6.07, 6.45) is -0.394. The van der Waals surface area contributed by atoms with Crippen LogP contribution < -0.4 is 5.32 Å². The lowest BCUT2D eigenvalue weighted by Crippen LogP contribution is -2.20. The van der Waals surface area contributed by atoms with Crippen molar-refractivity contribution in [1.29, 1.82) is 0 Å². The van der Waals surface area contributed by atoms with E-state index in [-0.39, 0.29) is 0 Å². The van der Waals surface area contributed by atoms with Gasteiger partial charge in [0.1, 0.15) is 0 Å². The molecule has 80 valence electrons. The molecule has 0 radical (unpaired) electrons. The number of aliphatic hydroxyl groups excluding tert-OH is 1. The summed E-state index contributed by atoms with van der Waals surface area (Å²) in [5, 5.41) is 21.2. The summed E-state index contributed by atoms with van der Waals surface area (Å²) in [6, 6.07) is 4.05. The van der Waals surface area contributed by atoms with Gasteiger partial charge in [-0.2, -0.15) is 22.7 Å². The number of aliphatic hydroxyl groups is 1. The van der Waals surface area contributed by atoms with Crippen LogP contribution in [0.25, 0.3) is 0 Å². The van der Waals surface area contributed by atoms with Crippen LogP contribution in [0.3, 0.4) is 0 Å². The molecule has 0 aliphatic carbocycles. The van der Waals surface area contributed by atoms with Crippen LogP contribution in [0.4, 0.5) is 0 Å². The Morgan fingerprint density at radius 1 is 1.20 bits per heavy atom. The summed E-state index contributed by atoms with van der Waals surface area (Å²) in [7, 11) is 0. The van der Waals surface area contributed by atoms with Crippen LogP contribution >= 0.6 is 22.7 Å². The molecule has 2 aromatic heterocycles. The second-order valence-corrected chi connectivity index (χ2v) is 4.90. The molecule has 0 saturated heterocycles. The quantitative estimate of drug-likeness (QED) is 0.840. The summed E-state index contributed by atoms with van der Waals surface area (Å²) < 4.78 is 0. The largest absolute Gasteiger partial charge is 0.387 e. The lowest BCUT2D eigenvalue weighted by molar-refractivity contribution is 0.175. The van der Waals surface area contributed by atoms with Crippen LogP contribution in [0.1, 0.15) is 17.2 Å². The highest BCUT2D eigenvalue weighted by Gasteiger charge is 2.06. The van der Waals surface area contributed by atoms with E-state index in [1.54, 1.807) is 22.7 Å². The van der Waals surface area contributed by atoms with Gasteiger partial charge in [0, 0.05) is 13.1 Å². The van der Waals surface area contributed by atoms with Crippen molar-refractivity contribution in [3.05, 3.63) is 44.8 Å². The number of thiophene rings is 2. The predicted octanol–water partition coefficient (Wildman–Crippen LogP) is 2.63. The highest BCUT2D eigenvalue weighted by atomic mass is 32.1. The first-order chi connectivity index (χ1) is 7.36. The van der Waals surface area contributed by atoms with Crippen LogP contribution in [0.2, 0.25) is 0 Å². The Kier molecular flexibility index (Phi) is 3.91. The van der Waals surface area contributed by atoms with E-state index in [1.807, 2.05) is 16.8 Å². The molecule has 2 N–H and O–H groups in total. The normalized spacial score (nSPS) is 12.9. The van der Waals surface area contributed by atoms with Gasteiger partial charge in [0.05, 0.1) is 6.10 Å². The van der Waals surface area contributed by atoms with Gasteiger partial charge in [-0.3, -0.25) is 0 Å². The minimum Gasteiger partial charge on any atom is -0.387 e. The molecule has 2 heterocycles. The van der Waals surface area contributed by atoms with Crippen molar-refractivity contribution in [3.8, 4) is 0 Å². The zero-order valence-electron chi connectivity index (χ0n) is 8.22. The summed E-state index contributed by atoms with van der Waals surface area (Å²) in [5.74, 6) is 0. The van der Waals surface area contributed by atoms with Gasteiger partial charge in [0.15, 0.2) is 0 Å². The lowest BCUT2D eigenvalue weighted by atomic mass is 10.2. The molecule has 0 aliphatic heterocycles. The molecule has 0 aliphatic rings. The molecule has 0 spiro atoms. The third-order valence-corrected chi connectivity index (χ3v) is 3.61. The number of rotatable bonds is 5. The maximum atomic E-state index is 9.78. The van der Waals surface area contributed by atoms with Crippen LogP contribution in [0.5, 0.6) is 0 Å². The first-order valence-corrected chi connectivity index (χ1v) is 6.67. The fourth-order valence-corrected chi connectivity index (χ4v) is 2.70. The summed E-state index contributed by atoms with van der Waals surface area (Å²) in [6.45, 7) is 1.43. The van der Waals surface area contributed by atoms with Crippen LogP contribution in [-0.2, 0) is 6.54 Å². The summed E-state index contributed by atoms with van der Waals surface area (Å²) in [4.78, 5) is 0. The molecule has 2 rings (SSSR count). The van der Waals surface area contributed by atoms with Crippen LogP contribution in [0, 0.1) is 0 Å². The van der Waals surface area contributed by atoms with E-state index < -0.39 is 6.10 Å². The molecule has 2 aromatic rings. The standard InChI is InChI=1S/C11H13NOS2/c13-11(10-2-4-15-8-10)6-12-5-9-1-3-14-7-9/h1-4,7-8,11-13H,5-6H2. The molecular weight excluding hydrogens is 226 g/mol. The van der Waals surface area contributed by atoms with Gasteiger partial charge in [-0.15, -0.1) is 0 Å². The van der Waals surface area contributed by atoms with Crippen molar-refractivity contribution in [2.45, 2.75) is 12.6 Å². The van der Waals surface area contributed by atoms with Crippen molar-refractivity contribution in [3.63, 3.8) is 0 Å². The fraction of sp³-hybridized carbons (Fsp3) is 0.273. The minimum absolute atomic E-state index is 0.394. The summed E-state index contributed by atoms with van der Waals surface area (Å²) in [5.41, 5.74) is 2.27. The van der Waals surface area contributed by atoms with Crippen molar-refractivity contribution in [1.82, 2.24) is 5.32 Å². The van der Waals surface area contributed by atoms with E-state index >= 15 is 0 Å². The van der Waals surface area contributed by atoms with Gasteiger partial charge in [-0.1, -0.05) is 0 Å². The zero-order valence-corrected chi connectivity index (χ0v) is 9.85. The molecule has 0 amide bonds. The van der Waals surface area contributed by atoms with E-state index in [9.17, 15) is 5.11 Å². The first-order valence-electron chi connectivity index (χ1n) is 4.78. The molecule has 0 aromatic carbocycles. The highest BCUT2D eigenvalue weighted by Crippen LogP contribution is 2.15. The highest BCUT2D eigenvalue weighted by molar-refractivity contribution is 7.08. The van der Waals surface area contributed by atoms with E-state index in [0.717, 1.165) is 12.1 Å². The van der Waals surface area contributed by atoms with Gasteiger partial charge in [0.2, 0.25) is 0 Å². The molecule has 0 bridgehead atoms. The summed E-state index contributed by atoms with van der Waals surface area (Å²) >= 11 is 3.31. The minimum atomic E-state index is -0.394. The Morgan fingerprint density at radius 3 is 2.67 bits per heavy atom. The third kappa shape index (κ3) is 3.14. The van der Waals surface area contributed by atoms with Crippen LogP contribution in [0.15, 0.2) is 33.7 Å². The Hall–Kier alpha value is -0.680. The van der Waals surface area contributed by atoms with Gasteiger partial charge in [-0.05, 0) is 44.8 Å². The Bertz CT molecular complexity index is 369. The fourth-order valence-electron chi connectivity index (χ4n) is 1.33. The molecule has 0 fully saturated rings. The monoisotopic (exact) mass is 239 g/mol. The molecule has 1 atom stereocenters. The molecule has 0 saturated carbocycles. The second-order valence-electron chi connectivity index (χ2n) is 3.33. The Balaban J connectivity index is 1.74. The smallest absolute Gasteiger partial charge is 0.0922 e. The Labute approximate surface area is 97.2 Å². The van der Waals surface area contributed by atoms with Crippen molar-refractivity contribution in [2.75, 3.05) is 6.54 Å². The Morgan fingerprint density at radius 2 is 2.00 bits per heavy atom. The van der Waals surface area contributed by atoms with Crippen molar-refractivity contribution < 1.29 is 5.11 Å². The first kappa shape index (κ1) is 10.8. The van der Waals surface area contributed by atoms with Gasteiger partial charge >= 0.3 is 0 Å². The van der Waals surface area contributed by atoms with E-state index in [2.05, 4.69) is 22.1 Å². The van der Waals surface area contributed by atoms with Crippen molar-refractivity contribution >= 4 is 22.7 Å². The third-order valence-electron chi connectivity index (χ3n) is 2.17. The molecular formula is C11H13NOS2. The predicted molar refractivity (Wildman–Crippen MR) is 65.3 cm³/mol. The average Bonchev–Trinajstić information content (AvgIpc) is 2.90. The topological polar surface area (TPSA) is 32.3 Å². The SMILES string of the molecule is OC(CNCc1ccsc1)c1ccsc1.